The maximum absolute atomic E-state index is 13.0. The van der Waals surface area contributed by atoms with Crippen LogP contribution in [-0.2, 0) is 30.4 Å². The molecule has 0 aliphatic rings. The maximum Gasteiger partial charge on any atom is 0.326 e. The average molecular weight is 534 g/mol. The smallest absolute Gasteiger partial charge is 0.326 e. The predicted molar refractivity (Wildman–Crippen MR) is 137 cm³/mol. The standard InChI is InChI=1S/C24H35N7O7/c25-8-4-3-7-17(29-21(34)15(26)12-32)22(35)30-18(10-20(27)33)23(36)31-19(24(37)38)9-13-11-28-16-6-2-1-5-14(13)16/h1-2,5-6,11,15,17-19,28,32H,3-4,7-10,12,25-26H2,(H2,27,33)(H,29,34)(H,30,35)(H,31,36)(H,37,38). The third-order valence-corrected chi connectivity index (χ3v) is 5.87. The number of amides is 4. The van der Waals surface area contributed by atoms with Crippen LogP contribution in [0, 0.1) is 0 Å². The van der Waals surface area contributed by atoms with Crippen molar-refractivity contribution >= 4 is 40.5 Å². The molecule has 12 N–H and O–H groups in total. The number of aliphatic hydroxyl groups is 1. The summed E-state index contributed by atoms with van der Waals surface area (Å²) >= 11 is 0. The molecule has 1 heterocycles. The van der Waals surface area contributed by atoms with Gasteiger partial charge in [-0.1, -0.05) is 18.2 Å². The Morgan fingerprint density at radius 3 is 2.18 bits per heavy atom. The number of carbonyl (C=O) groups excluding carboxylic acids is 4. The number of benzene rings is 1. The number of H-pyrrole nitrogens is 1. The Balaban J connectivity index is 2.17. The largest absolute Gasteiger partial charge is 0.480 e. The summed E-state index contributed by atoms with van der Waals surface area (Å²) in [5, 5.41) is 26.8. The number of aliphatic hydroxyl groups excluding tert-OH is 1. The number of aliphatic carboxylic acids is 1. The van der Waals surface area contributed by atoms with Gasteiger partial charge >= 0.3 is 5.97 Å². The van der Waals surface area contributed by atoms with Crippen LogP contribution in [0.5, 0.6) is 0 Å². The number of hydrogen-bond acceptors (Lipinski definition) is 8. The lowest BCUT2D eigenvalue weighted by Gasteiger charge is -2.24. The number of aromatic nitrogens is 1. The van der Waals surface area contributed by atoms with Crippen LogP contribution in [0.1, 0.15) is 31.2 Å². The molecule has 0 radical (unpaired) electrons. The minimum atomic E-state index is -1.51. The molecule has 208 valence electrons. The zero-order valence-corrected chi connectivity index (χ0v) is 20.8. The van der Waals surface area contributed by atoms with Gasteiger partial charge in [-0.2, -0.15) is 0 Å². The number of carboxylic acids is 1. The number of carbonyl (C=O) groups is 5. The molecular weight excluding hydrogens is 498 g/mol. The van der Waals surface area contributed by atoms with Crippen molar-refractivity contribution in [3.05, 3.63) is 36.0 Å². The van der Waals surface area contributed by atoms with Crippen LogP contribution in [-0.4, -0.2) is 82.1 Å². The SMILES string of the molecule is NCCCCC(NC(=O)C(N)CO)C(=O)NC(CC(N)=O)C(=O)NC(Cc1c[nH]c2ccccc12)C(=O)O. The molecule has 0 saturated carbocycles. The van der Waals surface area contributed by atoms with Crippen molar-refractivity contribution in [2.75, 3.05) is 13.2 Å². The molecule has 0 bridgehead atoms. The first-order valence-corrected chi connectivity index (χ1v) is 12.1. The molecule has 4 unspecified atom stereocenters. The first-order valence-electron chi connectivity index (χ1n) is 12.1. The van der Waals surface area contributed by atoms with Crippen molar-refractivity contribution in [3.63, 3.8) is 0 Å². The van der Waals surface area contributed by atoms with Crippen LogP contribution >= 0.6 is 0 Å². The molecule has 1 aromatic heterocycles. The van der Waals surface area contributed by atoms with Gasteiger partial charge in [0.05, 0.1) is 13.0 Å². The maximum atomic E-state index is 13.0. The number of nitrogens with two attached hydrogens (primary N) is 3. The summed E-state index contributed by atoms with van der Waals surface area (Å²) in [6.45, 7) is -0.305. The van der Waals surface area contributed by atoms with E-state index in [4.69, 9.17) is 22.3 Å². The molecule has 14 heteroatoms. The number of primary amides is 1. The highest BCUT2D eigenvalue weighted by atomic mass is 16.4. The molecule has 0 saturated heterocycles. The Labute approximate surface area is 218 Å². The van der Waals surface area contributed by atoms with Crippen molar-refractivity contribution < 1.29 is 34.2 Å². The van der Waals surface area contributed by atoms with Gasteiger partial charge in [-0.3, -0.25) is 19.2 Å². The second kappa shape index (κ2) is 14.7. The third kappa shape index (κ3) is 8.83. The quantitative estimate of drug-likeness (QED) is 0.104. The Morgan fingerprint density at radius 1 is 0.921 bits per heavy atom. The molecule has 14 nitrogen and oxygen atoms in total. The first-order chi connectivity index (χ1) is 18.1. The van der Waals surface area contributed by atoms with Gasteiger partial charge in [0.1, 0.15) is 24.2 Å². The number of nitrogens with one attached hydrogen (secondary N) is 4. The number of unbranched alkanes of at least 4 members (excludes halogenated alkanes) is 1. The van der Waals surface area contributed by atoms with Gasteiger partial charge in [-0.05, 0) is 37.4 Å². The Hall–Kier alpha value is -4.01. The van der Waals surface area contributed by atoms with Gasteiger partial charge in [0.2, 0.25) is 23.6 Å². The lowest BCUT2D eigenvalue weighted by Crippen LogP contribution is -2.58. The molecule has 4 amide bonds. The summed E-state index contributed by atoms with van der Waals surface area (Å²) in [5.41, 5.74) is 17.7. The number of hydrogen-bond donors (Lipinski definition) is 9. The van der Waals surface area contributed by atoms with E-state index >= 15 is 0 Å². The summed E-state index contributed by atoms with van der Waals surface area (Å²) in [6, 6.07) is 1.92. The number of rotatable bonds is 16. The van der Waals surface area contributed by atoms with Crippen molar-refractivity contribution in [1.29, 1.82) is 0 Å². The molecular formula is C24H35N7O7. The van der Waals surface area contributed by atoms with Gasteiger partial charge < -0.3 is 48.3 Å². The molecule has 1 aromatic carbocycles. The van der Waals surface area contributed by atoms with Crippen LogP contribution in [0.3, 0.4) is 0 Å². The van der Waals surface area contributed by atoms with Crippen LogP contribution in [0.25, 0.3) is 10.9 Å². The predicted octanol–water partition coefficient (Wildman–Crippen LogP) is -2.43. The average Bonchev–Trinajstić information content (AvgIpc) is 3.29. The fraction of sp³-hybridized carbons (Fsp3) is 0.458. The van der Waals surface area contributed by atoms with Gasteiger partial charge in [-0.15, -0.1) is 0 Å². The van der Waals surface area contributed by atoms with Crippen molar-refractivity contribution in [2.45, 2.75) is 56.3 Å². The van der Waals surface area contributed by atoms with Crippen LogP contribution in [0.15, 0.2) is 30.5 Å². The van der Waals surface area contributed by atoms with E-state index in [0.717, 1.165) is 10.9 Å². The zero-order valence-electron chi connectivity index (χ0n) is 20.8. The van der Waals surface area contributed by atoms with Gasteiger partial charge in [0.15, 0.2) is 0 Å². The fourth-order valence-corrected chi connectivity index (χ4v) is 3.80. The van der Waals surface area contributed by atoms with E-state index in [2.05, 4.69) is 20.9 Å². The summed E-state index contributed by atoms with van der Waals surface area (Å²) in [7, 11) is 0. The Kier molecular flexibility index (Phi) is 11.7. The van der Waals surface area contributed by atoms with Gasteiger partial charge in [0, 0.05) is 23.5 Å². The van der Waals surface area contributed by atoms with Crippen molar-refractivity contribution in [2.24, 2.45) is 17.2 Å². The minimum absolute atomic E-state index is 0.0703. The van der Waals surface area contributed by atoms with Gasteiger partial charge in [0.25, 0.3) is 0 Å². The fourth-order valence-electron chi connectivity index (χ4n) is 3.80. The number of fused-ring (bicyclic) bond motifs is 1. The molecule has 38 heavy (non-hydrogen) atoms. The molecule has 2 aromatic rings. The molecule has 0 aliphatic carbocycles. The highest BCUT2D eigenvalue weighted by Gasteiger charge is 2.31. The van der Waals surface area contributed by atoms with E-state index in [1.54, 1.807) is 18.3 Å². The number of carboxylic acid groups (broad SMARTS) is 1. The molecule has 4 atom stereocenters. The van der Waals surface area contributed by atoms with Crippen LogP contribution in [0.2, 0.25) is 0 Å². The lowest BCUT2D eigenvalue weighted by atomic mass is 10.0. The number of para-hydroxylation sites is 1. The van der Waals surface area contributed by atoms with E-state index in [9.17, 15) is 29.1 Å². The first kappa shape index (κ1) is 30.2. The Morgan fingerprint density at radius 2 is 1.55 bits per heavy atom. The van der Waals surface area contributed by atoms with E-state index in [1.807, 2.05) is 12.1 Å². The second-order valence-corrected chi connectivity index (χ2v) is 8.83. The van der Waals surface area contributed by atoms with Crippen molar-refractivity contribution in [3.8, 4) is 0 Å². The summed E-state index contributed by atoms with van der Waals surface area (Å²) < 4.78 is 0. The second-order valence-electron chi connectivity index (χ2n) is 8.83. The minimum Gasteiger partial charge on any atom is -0.480 e. The summed E-state index contributed by atoms with van der Waals surface area (Å²) in [6.07, 6.45) is 2.08. The molecule has 0 spiro atoms. The molecule has 0 fully saturated rings. The number of aromatic amines is 1. The van der Waals surface area contributed by atoms with Gasteiger partial charge in [-0.25, -0.2) is 4.79 Å². The molecule has 2 rings (SSSR count). The summed E-state index contributed by atoms with van der Waals surface area (Å²) in [4.78, 5) is 64.8. The highest BCUT2D eigenvalue weighted by Crippen LogP contribution is 2.19. The zero-order chi connectivity index (χ0) is 28.2. The topological polar surface area (TPSA) is 256 Å². The lowest BCUT2D eigenvalue weighted by molar-refractivity contribution is -0.142. The van der Waals surface area contributed by atoms with E-state index in [-0.39, 0.29) is 12.8 Å². The Bertz CT molecular complexity index is 1140. The summed E-state index contributed by atoms with van der Waals surface area (Å²) in [5.74, 6) is -4.78. The third-order valence-electron chi connectivity index (χ3n) is 5.87. The molecule has 0 aliphatic heterocycles. The van der Waals surface area contributed by atoms with E-state index in [1.165, 1.54) is 0 Å². The monoisotopic (exact) mass is 533 g/mol. The van der Waals surface area contributed by atoms with E-state index in [0.29, 0.717) is 24.9 Å². The van der Waals surface area contributed by atoms with Crippen molar-refractivity contribution in [1.82, 2.24) is 20.9 Å². The van der Waals surface area contributed by atoms with Crippen LogP contribution in [0.4, 0.5) is 0 Å². The van der Waals surface area contributed by atoms with Crippen LogP contribution < -0.4 is 33.2 Å². The normalized spacial score (nSPS) is 14.2. The highest BCUT2D eigenvalue weighted by molar-refractivity contribution is 5.96. The van der Waals surface area contributed by atoms with E-state index < -0.39 is 66.8 Å².